The number of aromatic nitrogens is 1. The quantitative estimate of drug-likeness (QED) is 0.369. The number of fused-ring (bicyclic) bond motifs is 1. The van der Waals surface area contributed by atoms with E-state index in [9.17, 15) is 9.18 Å². The summed E-state index contributed by atoms with van der Waals surface area (Å²) in [6, 6.07) is 5.29. The van der Waals surface area contributed by atoms with Crippen LogP contribution in [0.3, 0.4) is 0 Å². The Kier molecular flexibility index (Phi) is 11.8. The highest BCUT2D eigenvalue weighted by Gasteiger charge is 2.33. The van der Waals surface area contributed by atoms with Crippen molar-refractivity contribution >= 4 is 29.2 Å². The molecule has 0 aliphatic carbocycles. The Morgan fingerprint density at radius 1 is 1.26 bits per heavy atom. The van der Waals surface area contributed by atoms with E-state index in [1.807, 2.05) is 6.07 Å². The van der Waals surface area contributed by atoms with Crippen molar-refractivity contribution in [1.29, 1.82) is 0 Å². The number of rotatable bonds is 12. The highest BCUT2D eigenvalue weighted by molar-refractivity contribution is 6.02. The molecule has 1 N–H and O–H groups in total. The third kappa shape index (κ3) is 6.73. The van der Waals surface area contributed by atoms with Crippen LogP contribution in [-0.4, -0.2) is 54.3 Å². The Morgan fingerprint density at radius 2 is 2.06 bits per heavy atom. The highest BCUT2D eigenvalue weighted by Crippen LogP contribution is 2.32. The SMILES string of the molecule is CCCCCc1c(C(=O)N(C(C)C)[C@@H]2CCCNC2)n(CCCCOC)c2cc(F)ccc12.Cl. The Bertz CT molecular complexity index is 909. The number of ether oxygens (including phenoxy) is 1. The van der Waals surface area contributed by atoms with Crippen LogP contribution in [0.5, 0.6) is 0 Å². The van der Waals surface area contributed by atoms with Gasteiger partial charge in [-0.05, 0) is 82.7 Å². The van der Waals surface area contributed by atoms with Gasteiger partial charge in [0.05, 0.1) is 5.52 Å². The van der Waals surface area contributed by atoms with E-state index in [1.165, 1.54) is 6.07 Å². The van der Waals surface area contributed by atoms with Crippen molar-refractivity contribution in [2.75, 3.05) is 26.8 Å². The first-order valence-corrected chi connectivity index (χ1v) is 12.8. The van der Waals surface area contributed by atoms with Gasteiger partial charge >= 0.3 is 0 Å². The lowest BCUT2D eigenvalue weighted by Gasteiger charge is -2.38. The van der Waals surface area contributed by atoms with E-state index in [1.54, 1.807) is 13.2 Å². The molecule has 1 aliphatic heterocycles. The number of nitrogens with one attached hydrogen (secondary N) is 1. The molecule has 0 radical (unpaired) electrons. The summed E-state index contributed by atoms with van der Waals surface area (Å²) in [5.41, 5.74) is 2.70. The van der Waals surface area contributed by atoms with Crippen molar-refractivity contribution in [3.63, 3.8) is 0 Å². The fraction of sp³-hybridized carbons (Fsp3) is 0.667. The zero-order chi connectivity index (χ0) is 23.8. The van der Waals surface area contributed by atoms with Gasteiger partial charge in [-0.3, -0.25) is 4.79 Å². The van der Waals surface area contributed by atoms with Crippen molar-refractivity contribution < 1.29 is 13.9 Å². The van der Waals surface area contributed by atoms with Crippen LogP contribution >= 0.6 is 12.4 Å². The molecule has 1 amide bonds. The van der Waals surface area contributed by atoms with Crippen LogP contribution in [0.15, 0.2) is 18.2 Å². The van der Waals surface area contributed by atoms with E-state index in [0.717, 1.165) is 86.6 Å². The highest BCUT2D eigenvalue weighted by atomic mass is 35.5. The monoisotopic (exact) mass is 495 g/mol. The van der Waals surface area contributed by atoms with E-state index in [0.29, 0.717) is 13.2 Å². The number of hydrogen-bond donors (Lipinski definition) is 1. The molecule has 1 saturated heterocycles. The van der Waals surface area contributed by atoms with Gasteiger partial charge in [-0.2, -0.15) is 0 Å². The molecule has 0 bridgehead atoms. The first kappa shape index (κ1) is 28.6. The maximum atomic E-state index is 14.3. The van der Waals surface area contributed by atoms with Crippen molar-refractivity contribution in [3.8, 4) is 0 Å². The molecule has 1 fully saturated rings. The molecule has 1 aliphatic rings. The number of nitrogens with zero attached hydrogens (tertiary/aromatic N) is 2. The number of hydrogen-bond acceptors (Lipinski definition) is 3. The minimum Gasteiger partial charge on any atom is -0.385 e. The molecule has 2 aromatic rings. The number of benzene rings is 1. The zero-order valence-electron chi connectivity index (χ0n) is 21.4. The molecule has 34 heavy (non-hydrogen) atoms. The van der Waals surface area contributed by atoms with Crippen LogP contribution in [0.4, 0.5) is 4.39 Å². The molecule has 2 heterocycles. The number of carbonyl (C=O) groups excluding carboxylic acids is 1. The molecular formula is C27H43ClFN3O2. The smallest absolute Gasteiger partial charge is 0.271 e. The summed E-state index contributed by atoms with van der Waals surface area (Å²) in [5.74, 6) is -0.164. The largest absolute Gasteiger partial charge is 0.385 e. The Labute approximate surface area is 210 Å². The molecule has 0 saturated carbocycles. The number of amides is 1. The van der Waals surface area contributed by atoms with Gasteiger partial charge in [-0.15, -0.1) is 12.4 Å². The zero-order valence-corrected chi connectivity index (χ0v) is 22.2. The van der Waals surface area contributed by atoms with E-state index in [2.05, 4.69) is 35.6 Å². The van der Waals surface area contributed by atoms with Crippen LogP contribution in [-0.2, 0) is 17.7 Å². The fourth-order valence-corrected chi connectivity index (χ4v) is 5.21. The summed E-state index contributed by atoms with van der Waals surface area (Å²) in [6.45, 7) is 9.62. The molecule has 0 unspecified atom stereocenters. The van der Waals surface area contributed by atoms with Crippen LogP contribution in [0.1, 0.15) is 81.8 Å². The lowest BCUT2D eigenvalue weighted by atomic mass is 10.00. The van der Waals surface area contributed by atoms with Crippen LogP contribution in [0.2, 0.25) is 0 Å². The second-order valence-electron chi connectivity index (χ2n) is 9.60. The third-order valence-electron chi connectivity index (χ3n) is 6.80. The number of aryl methyl sites for hydroxylation is 2. The standard InChI is InChI=1S/C27H42FN3O2.ClH/c1-5-6-7-12-24-23-14-13-21(28)18-25(23)30(16-8-9-17-33-4)26(24)27(32)31(20(2)3)22-11-10-15-29-19-22;/h13-14,18,20,22,29H,5-12,15-17,19H2,1-4H3;1H/t22-;/m1./s1. The Hall–Kier alpha value is -1.63. The normalized spacial score (nSPS) is 16.1. The second-order valence-corrected chi connectivity index (χ2v) is 9.60. The van der Waals surface area contributed by atoms with Gasteiger partial charge in [0.1, 0.15) is 11.5 Å². The van der Waals surface area contributed by atoms with E-state index in [4.69, 9.17) is 4.74 Å². The summed E-state index contributed by atoms with van der Waals surface area (Å²) in [6.07, 6.45) is 8.01. The Morgan fingerprint density at radius 3 is 2.71 bits per heavy atom. The summed E-state index contributed by atoms with van der Waals surface area (Å²) in [5, 5.41) is 4.49. The average molecular weight is 496 g/mol. The number of unbranched alkanes of at least 4 members (excludes halogenated alkanes) is 3. The van der Waals surface area contributed by atoms with Crippen molar-refractivity contribution in [1.82, 2.24) is 14.8 Å². The fourth-order valence-electron chi connectivity index (χ4n) is 5.21. The lowest BCUT2D eigenvalue weighted by molar-refractivity contribution is 0.0561. The van der Waals surface area contributed by atoms with Gasteiger partial charge in [-0.1, -0.05) is 19.8 Å². The molecule has 0 spiro atoms. The maximum absolute atomic E-state index is 14.3. The van der Waals surface area contributed by atoms with Crippen LogP contribution in [0.25, 0.3) is 10.9 Å². The number of methoxy groups -OCH3 is 1. The minimum absolute atomic E-state index is 0. The maximum Gasteiger partial charge on any atom is 0.271 e. The molecule has 1 aromatic carbocycles. The molecule has 1 atom stereocenters. The van der Waals surface area contributed by atoms with Crippen LogP contribution in [0, 0.1) is 5.82 Å². The minimum atomic E-state index is -0.255. The van der Waals surface area contributed by atoms with Gasteiger partial charge in [-0.25, -0.2) is 4.39 Å². The van der Waals surface area contributed by atoms with Gasteiger partial charge < -0.3 is 19.5 Å². The van der Waals surface area contributed by atoms with Crippen LogP contribution < -0.4 is 5.32 Å². The van der Waals surface area contributed by atoms with Crippen molar-refractivity contribution in [2.45, 2.75) is 90.8 Å². The summed E-state index contributed by atoms with van der Waals surface area (Å²) >= 11 is 0. The number of carbonyl (C=O) groups is 1. The van der Waals surface area contributed by atoms with Gasteiger partial charge in [0.25, 0.3) is 5.91 Å². The predicted molar refractivity (Wildman–Crippen MR) is 141 cm³/mol. The molecule has 1 aromatic heterocycles. The molecule has 7 heteroatoms. The van der Waals surface area contributed by atoms with Gasteiger partial charge in [0, 0.05) is 44.3 Å². The summed E-state index contributed by atoms with van der Waals surface area (Å²) < 4.78 is 21.7. The molecular weight excluding hydrogens is 453 g/mol. The molecule has 192 valence electrons. The lowest BCUT2D eigenvalue weighted by Crippen LogP contribution is -2.52. The van der Waals surface area contributed by atoms with Gasteiger partial charge in [0.15, 0.2) is 0 Å². The van der Waals surface area contributed by atoms with Crippen molar-refractivity contribution in [3.05, 3.63) is 35.3 Å². The second kappa shape index (κ2) is 14.1. The first-order valence-electron chi connectivity index (χ1n) is 12.8. The van der Waals surface area contributed by atoms with Gasteiger partial charge in [0.2, 0.25) is 0 Å². The number of halogens is 2. The average Bonchev–Trinajstić information content (AvgIpc) is 3.10. The van der Waals surface area contributed by atoms with E-state index in [-0.39, 0.29) is 36.2 Å². The van der Waals surface area contributed by atoms with E-state index < -0.39 is 0 Å². The number of piperidine rings is 1. The topological polar surface area (TPSA) is 46.5 Å². The molecule has 3 rings (SSSR count). The van der Waals surface area contributed by atoms with Crippen molar-refractivity contribution in [2.24, 2.45) is 0 Å². The summed E-state index contributed by atoms with van der Waals surface area (Å²) in [4.78, 5) is 16.3. The summed E-state index contributed by atoms with van der Waals surface area (Å²) in [7, 11) is 1.71. The first-order chi connectivity index (χ1) is 16.0. The third-order valence-corrected chi connectivity index (χ3v) is 6.80. The molecule has 5 nitrogen and oxygen atoms in total. The Balaban J connectivity index is 0.00000408. The predicted octanol–water partition coefficient (Wildman–Crippen LogP) is 5.96. The van der Waals surface area contributed by atoms with E-state index >= 15 is 0 Å².